The molecule has 0 aromatic rings. The van der Waals surface area contributed by atoms with E-state index in [1.54, 1.807) is 7.11 Å². The Morgan fingerprint density at radius 1 is 1.15 bits per heavy atom. The Hall–Kier alpha value is -0.160. The van der Waals surface area contributed by atoms with Crippen molar-refractivity contribution in [1.29, 1.82) is 0 Å². The van der Waals surface area contributed by atoms with Crippen LogP contribution in [-0.4, -0.2) is 51.7 Å². The third-order valence-corrected chi connectivity index (χ3v) is 3.76. The van der Waals surface area contributed by atoms with E-state index in [0.29, 0.717) is 19.3 Å². The summed E-state index contributed by atoms with van der Waals surface area (Å²) in [7, 11) is 1.71. The van der Waals surface area contributed by atoms with Crippen molar-refractivity contribution in [1.82, 2.24) is 5.32 Å². The number of ether oxygens (including phenoxy) is 3. The zero-order valence-corrected chi connectivity index (χ0v) is 13.7. The van der Waals surface area contributed by atoms with Gasteiger partial charge in [0, 0.05) is 19.8 Å². The number of hydrogen-bond acceptors (Lipinski definition) is 4. The highest BCUT2D eigenvalue weighted by molar-refractivity contribution is 4.97. The molecule has 4 nitrogen and oxygen atoms in total. The number of nitrogens with one attached hydrogen (secondary N) is 1. The van der Waals surface area contributed by atoms with Crippen LogP contribution in [0.15, 0.2) is 0 Å². The minimum atomic E-state index is 0.191. The van der Waals surface area contributed by atoms with Gasteiger partial charge < -0.3 is 19.5 Å². The molecule has 0 amide bonds. The van der Waals surface area contributed by atoms with Gasteiger partial charge in [-0.3, -0.25) is 0 Å². The van der Waals surface area contributed by atoms with Crippen LogP contribution in [0.5, 0.6) is 0 Å². The molecule has 0 heterocycles. The normalized spacial score (nSPS) is 25.9. The molecule has 0 aromatic heterocycles. The third kappa shape index (κ3) is 6.53. The van der Waals surface area contributed by atoms with E-state index < -0.39 is 0 Å². The molecule has 3 atom stereocenters. The lowest BCUT2D eigenvalue weighted by atomic mass is 9.85. The minimum absolute atomic E-state index is 0.191. The number of methoxy groups -OCH3 is 1. The SMILES string of the molecule is CCCNC1CC(OCCCC(C)C)C1OCCOC. The second-order valence-electron chi connectivity index (χ2n) is 6.07. The van der Waals surface area contributed by atoms with Gasteiger partial charge in [-0.2, -0.15) is 0 Å². The summed E-state index contributed by atoms with van der Waals surface area (Å²) in [6.07, 6.45) is 5.05. The summed E-state index contributed by atoms with van der Waals surface area (Å²) in [4.78, 5) is 0. The standard InChI is InChI=1S/C16H33NO3/c1-5-8-17-14-12-15(16(14)20-11-10-18-4)19-9-6-7-13(2)3/h13-17H,5-12H2,1-4H3. The predicted molar refractivity (Wildman–Crippen MR) is 82.1 cm³/mol. The van der Waals surface area contributed by atoms with Gasteiger partial charge in [-0.15, -0.1) is 0 Å². The highest BCUT2D eigenvalue weighted by atomic mass is 16.6. The summed E-state index contributed by atoms with van der Waals surface area (Å²) < 4.78 is 16.9. The smallest absolute Gasteiger partial charge is 0.0991 e. The zero-order valence-electron chi connectivity index (χ0n) is 13.7. The lowest BCUT2D eigenvalue weighted by Crippen LogP contribution is -2.60. The van der Waals surface area contributed by atoms with Crippen molar-refractivity contribution in [2.75, 3.05) is 33.5 Å². The molecule has 20 heavy (non-hydrogen) atoms. The zero-order chi connectivity index (χ0) is 14.8. The Labute approximate surface area is 124 Å². The van der Waals surface area contributed by atoms with Gasteiger partial charge in [0.15, 0.2) is 0 Å². The molecule has 1 aliphatic carbocycles. The van der Waals surface area contributed by atoms with Crippen LogP contribution in [0.1, 0.15) is 46.5 Å². The largest absolute Gasteiger partial charge is 0.382 e. The second-order valence-corrected chi connectivity index (χ2v) is 6.07. The van der Waals surface area contributed by atoms with E-state index >= 15 is 0 Å². The summed E-state index contributed by atoms with van der Waals surface area (Å²) in [5, 5.41) is 3.54. The summed E-state index contributed by atoms with van der Waals surface area (Å²) in [6, 6.07) is 0.446. The molecule has 0 radical (unpaired) electrons. The second kappa shape index (κ2) is 10.6. The summed E-state index contributed by atoms with van der Waals surface area (Å²) in [6.45, 7) is 9.90. The Balaban J connectivity index is 2.22. The van der Waals surface area contributed by atoms with Gasteiger partial charge in [0.1, 0.15) is 0 Å². The first-order chi connectivity index (χ1) is 9.69. The van der Waals surface area contributed by atoms with E-state index in [-0.39, 0.29) is 12.2 Å². The first-order valence-corrected chi connectivity index (χ1v) is 8.14. The molecular weight excluding hydrogens is 254 g/mol. The molecular formula is C16H33NO3. The monoisotopic (exact) mass is 287 g/mol. The fourth-order valence-electron chi connectivity index (χ4n) is 2.49. The maximum Gasteiger partial charge on any atom is 0.0991 e. The molecule has 1 aliphatic rings. The van der Waals surface area contributed by atoms with Crippen molar-refractivity contribution in [3.63, 3.8) is 0 Å². The fourth-order valence-corrected chi connectivity index (χ4v) is 2.49. The average molecular weight is 287 g/mol. The maximum absolute atomic E-state index is 5.98. The fraction of sp³-hybridized carbons (Fsp3) is 1.00. The molecule has 0 aliphatic heterocycles. The molecule has 120 valence electrons. The van der Waals surface area contributed by atoms with Crippen molar-refractivity contribution in [3.8, 4) is 0 Å². The summed E-state index contributed by atoms with van der Waals surface area (Å²) >= 11 is 0. The molecule has 1 rings (SSSR count). The third-order valence-electron chi connectivity index (χ3n) is 3.76. The first kappa shape index (κ1) is 17.9. The molecule has 0 saturated heterocycles. The van der Waals surface area contributed by atoms with Gasteiger partial charge >= 0.3 is 0 Å². The molecule has 4 heteroatoms. The summed E-state index contributed by atoms with van der Waals surface area (Å²) in [5.74, 6) is 0.757. The molecule has 0 aromatic carbocycles. The highest BCUT2D eigenvalue weighted by Gasteiger charge is 2.42. The number of hydrogen-bond donors (Lipinski definition) is 1. The lowest BCUT2D eigenvalue weighted by Gasteiger charge is -2.44. The number of rotatable bonds is 12. The topological polar surface area (TPSA) is 39.7 Å². The van der Waals surface area contributed by atoms with Crippen LogP contribution in [0, 0.1) is 5.92 Å². The van der Waals surface area contributed by atoms with Gasteiger partial charge in [-0.25, -0.2) is 0 Å². The Morgan fingerprint density at radius 3 is 2.60 bits per heavy atom. The van der Waals surface area contributed by atoms with Gasteiger partial charge in [0.2, 0.25) is 0 Å². The summed E-state index contributed by atoms with van der Waals surface area (Å²) in [5.41, 5.74) is 0. The van der Waals surface area contributed by atoms with Gasteiger partial charge in [-0.05, 0) is 38.1 Å². The van der Waals surface area contributed by atoms with Crippen molar-refractivity contribution in [3.05, 3.63) is 0 Å². The molecule has 1 N–H and O–H groups in total. The van der Waals surface area contributed by atoms with Crippen LogP contribution in [0.2, 0.25) is 0 Å². The Kier molecular flexibility index (Phi) is 9.44. The lowest BCUT2D eigenvalue weighted by molar-refractivity contribution is -0.152. The van der Waals surface area contributed by atoms with E-state index in [2.05, 4.69) is 26.1 Å². The molecule has 1 saturated carbocycles. The molecule has 3 unspecified atom stereocenters. The van der Waals surface area contributed by atoms with Crippen LogP contribution in [0.4, 0.5) is 0 Å². The van der Waals surface area contributed by atoms with Gasteiger partial charge in [0.05, 0.1) is 25.4 Å². The molecule has 0 bridgehead atoms. The van der Waals surface area contributed by atoms with Crippen LogP contribution >= 0.6 is 0 Å². The Morgan fingerprint density at radius 2 is 1.95 bits per heavy atom. The van der Waals surface area contributed by atoms with E-state index in [0.717, 1.165) is 38.3 Å². The van der Waals surface area contributed by atoms with E-state index in [4.69, 9.17) is 14.2 Å². The maximum atomic E-state index is 5.98. The molecule has 0 spiro atoms. The highest BCUT2D eigenvalue weighted by Crippen LogP contribution is 2.27. The van der Waals surface area contributed by atoms with Crippen LogP contribution in [-0.2, 0) is 14.2 Å². The van der Waals surface area contributed by atoms with Crippen molar-refractivity contribution < 1.29 is 14.2 Å². The van der Waals surface area contributed by atoms with Gasteiger partial charge in [-0.1, -0.05) is 20.8 Å². The van der Waals surface area contributed by atoms with Gasteiger partial charge in [0.25, 0.3) is 0 Å². The van der Waals surface area contributed by atoms with E-state index in [9.17, 15) is 0 Å². The van der Waals surface area contributed by atoms with E-state index in [1.165, 1.54) is 6.42 Å². The van der Waals surface area contributed by atoms with Crippen LogP contribution < -0.4 is 5.32 Å². The molecule has 1 fully saturated rings. The quantitative estimate of drug-likeness (QED) is 0.560. The van der Waals surface area contributed by atoms with Crippen LogP contribution in [0.3, 0.4) is 0 Å². The predicted octanol–water partition coefficient (Wildman–Crippen LogP) is 2.61. The van der Waals surface area contributed by atoms with Crippen molar-refractivity contribution in [2.45, 2.75) is 64.7 Å². The minimum Gasteiger partial charge on any atom is -0.382 e. The first-order valence-electron chi connectivity index (χ1n) is 8.14. The average Bonchev–Trinajstić information content (AvgIpc) is 2.40. The van der Waals surface area contributed by atoms with Crippen LogP contribution in [0.25, 0.3) is 0 Å². The van der Waals surface area contributed by atoms with Crippen molar-refractivity contribution >= 4 is 0 Å². The Bertz CT molecular complexity index is 236. The van der Waals surface area contributed by atoms with Crippen molar-refractivity contribution in [2.24, 2.45) is 5.92 Å². The van der Waals surface area contributed by atoms with E-state index in [1.807, 2.05) is 0 Å².